The molecule has 0 radical (unpaired) electrons. The molecule has 2 fully saturated rings. The number of rotatable bonds is 5. The predicted molar refractivity (Wildman–Crippen MR) is 74.4 cm³/mol. The molecular weight excluding hydrogens is 224 g/mol. The second-order valence-electron chi connectivity index (χ2n) is 5.98. The number of hydrogen-bond acceptors (Lipinski definition) is 2. The van der Waals surface area contributed by atoms with Crippen molar-refractivity contribution in [2.24, 2.45) is 11.8 Å². The Hall–Kier alpha value is -0.570. The van der Waals surface area contributed by atoms with Crippen molar-refractivity contribution in [3.05, 3.63) is 0 Å². The monoisotopic (exact) mass is 252 g/mol. The third kappa shape index (κ3) is 4.60. The van der Waals surface area contributed by atoms with E-state index in [0.717, 1.165) is 44.8 Å². The SMILES string of the molecule is O=C(NCCCC1CCCCC1)C1CCCNC1. The van der Waals surface area contributed by atoms with Gasteiger partial charge in [-0.1, -0.05) is 32.1 Å². The average Bonchev–Trinajstić information content (AvgIpc) is 2.45. The zero-order valence-electron chi connectivity index (χ0n) is 11.5. The summed E-state index contributed by atoms with van der Waals surface area (Å²) in [6, 6.07) is 0. The molecule has 1 atom stereocenters. The molecule has 1 saturated carbocycles. The molecule has 0 spiro atoms. The van der Waals surface area contributed by atoms with E-state index in [1.807, 2.05) is 0 Å². The van der Waals surface area contributed by atoms with Crippen LogP contribution in [0.4, 0.5) is 0 Å². The normalized spacial score (nSPS) is 25.9. The summed E-state index contributed by atoms with van der Waals surface area (Å²) in [4.78, 5) is 11.9. The van der Waals surface area contributed by atoms with Crippen LogP contribution in [0.3, 0.4) is 0 Å². The van der Waals surface area contributed by atoms with E-state index in [1.54, 1.807) is 0 Å². The summed E-state index contributed by atoms with van der Waals surface area (Å²) in [5.41, 5.74) is 0. The van der Waals surface area contributed by atoms with Crippen LogP contribution in [0.1, 0.15) is 57.8 Å². The summed E-state index contributed by atoms with van der Waals surface area (Å²) in [6.45, 7) is 2.83. The van der Waals surface area contributed by atoms with Crippen molar-refractivity contribution in [2.75, 3.05) is 19.6 Å². The summed E-state index contributed by atoms with van der Waals surface area (Å²) in [5, 5.41) is 6.41. The summed E-state index contributed by atoms with van der Waals surface area (Å²) in [7, 11) is 0. The van der Waals surface area contributed by atoms with Crippen LogP contribution in [0.25, 0.3) is 0 Å². The maximum Gasteiger partial charge on any atom is 0.224 e. The van der Waals surface area contributed by atoms with E-state index in [1.165, 1.54) is 38.5 Å². The molecule has 0 aromatic carbocycles. The summed E-state index contributed by atoms with van der Waals surface area (Å²) < 4.78 is 0. The third-order valence-electron chi connectivity index (χ3n) is 4.48. The summed E-state index contributed by atoms with van der Waals surface area (Å²) in [5.74, 6) is 1.42. The minimum Gasteiger partial charge on any atom is -0.356 e. The highest BCUT2D eigenvalue weighted by Crippen LogP contribution is 2.26. The van der Waals surface area contributed by atoms with Crippen LogP contribution in [-0.4, -0.2) is 25.5 Å². The Morgan fingerprint density at radius 3 is 2.67 bits per heavy atom. The zero-order valence-corrected chi connectivity index (χ0v) is 11.5. The van der Waals surface area contributed by atoms with E-state index in [4.69, 9.17) is 0 Å². The van der Waals surface area contributed by atoms with Gasteiger partial charge in [-0.3, -0.25) is 4.79 Å². The fourth-order valence-electron chi connectivity index (χ4n) is 3.30. The predicted octanol–water partition coefficient (Wildman–Crippen LogP) is 2.46. The molecule has 0 aromatic rings. The van der Waals surface area contributed by atoms with Gasteiger partial charge in [-0.25, -0.2) is 0 Å². The number of amides is 1. The lowest BCUT2D eigenvalue weighted by molar-refractivity contribution is -0.125. The molecule has 1 heterocycles. The Kier molecular flexibility index (Phi) is 5.98. The first-order chi connectivity index (χ1) is 8.86. The van der Waals surface area contributed by atoms with Crippen LogP contribution in [-0.2, 0) is 4.79 Å². The van der Waals surface area contributed by atoms with Gasteiger partial charge in [0, 0.05) is 13.1 Å². The van der Waals surface area contributed by atoms with Crippen molar-refractivity contribution in [1.29, 1.82) is 0 Å². The van der Waals surface area contributed by atoms with Gasteiger partial charge in [0.15, 0.2) is 0 Å². The fourth-order valence-corrected chi connectivity index (χ4v) is 3.30. The van der Waals surface area contributed by atoms with Crippen molar-refractivity contribution < 1.29 is 4.79 Å². The van der Waals surface area contributed by atoms with Crippen LogP contribution >= 0.6 is 0 Å². The van der Waals surface area contributed by atoms with Crippen LogP contribution in [0.2, 0.25) is 0 Å². The lowest BCUT2D eigenvalue weighted by atomic mass is 9.86. The van der Waals surface area contributed by atoms with Crippen LogP contribution in [0, 0.1) is 11.8 Å². The molecule has 18 heavy (non-hydrogen) atoms. The highest BCUT2D eigenvalue weighted by molar-refractivity contribution is 5.78. The topological polar surface area (TPSA) is 41.1 Å². The first kappa shape index (κ1) is 13.9. The molecule has 2 N–H and O–H groups in total. The Bertz CT molecular complexity index is 243. The summed E-state index contributed by atoms with van der Waals surface area (Å²) >= 11 is 0. The van der Waals surface area contributed by atoms with Gasteiger partial charge in [0.2, 0.25) is 5.91 Å². The van der Waals surface area contributed by atoms with Gasteiger partial charge in [0.05, 0.1) is 5.92 Å². The van der Waals surface area contributed by atoms with E-state index in [-0.39, 0.29) is 11.8 Å². The van der Waals surface area contributed by atoms with Gasteiger partial charge in [-0.15, -0.1) is 0 Å². The van der Waals surface area contributed by atoms with Gasteiger partial charge in [-0.05, 0) is 38.1 Å². The highest BCUT2D eigenvalue weighted by atomic mass is 16.1. The highest BCUT2D eigenvalue weighted by Gasteiger charge is 2.20. The van der Waals surface area contributed by atoms with Gasteiger partial charge in [-0.2, -0.15) is 0 Å². The molecule has 2 aliphatic rings. The molecule has 3 nitrogen and oxygen atoms in total. The molecule has 104 valence electrons. The Morgan fingerprint density at radius 2 is 1.94 bits per heavy atom. The molecular formula is C15H28N2O. The van der Waals surface area contributed by atoms with E-state index in [0.29, 0.717) is 0 Å². The lowest BCUT2D eigenvalue weighted by Crippen LogP contribution is -2.40. The maximum absolute atomic E-state index is 11.9. The number of hydrogen-bond donors (Lipinski definition) is 2. The first-order valence-electron chi connectivity index (χ1n) is 7.84. The lowest BCUT2D eigenvalue weighted by Gasteiger charge is -2.23. The van der Waals surface area contributed by atoms with Gasteiger partial charge >= 0.3 is 0 Å². The summed E-state index contributed by atoms with van der Waals surface area (Å²) in [6.07, 6.45) is 11.8. The molecule has 1 saturated heterocycles. The van der Waals surface area contributed by atoms with Gasteiger partial charge in [0.1, 0.15) is 0 Å². The second-order valence-corrected chi connectivity index (χ2v) is 5.98. The Labute approximate surface area is 111 Å². The van der Waals surface area contributed by atoms with Crippen molar-refractivity contribution in [2.45, 2.75) is 57.8 Å². The Morgan fingerprint density at radius 1 is 1.11 bits per heavy atom. The fraction of sp³-hybridized carbons (Fsp3) is 0.933. The minimum atomic E-state index is 0.216. The van der Waals surface area contributed by atoms with Gasteiger partial charge in [0.25, 0.3) is 0 Å². The molecule has 1 amide bonds. The number of nitrogens with one attached hydrogen (secondary N) is 2. The molecule has 1 aliphatic heterocycles. The van der Waals surface area contributed by atoms with Crippen LogP contribution in [0.5, 0.6) is 0 Å². The molecule has 1 aliphatic carbocycles. The minimum absolute atomic E-state index is 0.216. The second kappa shape index (κ2) is 7.78. The maximum atomic E-state index is 11.9. The number of piperidine rings is 1. The van der Waals surface area contributed by atoms with Crippen molar-refractivity contribution in [3.8, 4) is 0 Å². The van der Waals surface area contributed by atoms with E-state index in [9.17, 15) is 4.79 Å². The molecule has 3 heteroatoms. The average molecular weight is 252 g/mol. The van der Waals surface area contributed by atoms with Gasteiger partial charge < -0.3 is 10.6 Å². The first-order valence-corrected chi connectivity index (χ1v) is 7.84. The van der Waals surface area contributed by atoms with Crippen LogP contribution in [0.15, 0.2) is 0 Å². The third-order valence-corrected chi connectivity index (χ3v) is 4.48. The molecule has 1 unspecified atom stereocenters. The Balaban J connectivity index is 1.52. The largest absolute Gasteiger partial charge is 0.356 e. The van der Waals surface area contributed by atoms with Crippen molar-refractivity contribution >= 4 is 5.91 Å². The number of carbonyl (C=O) groups is 1. The van der Waals surface area contributed by atoms with Crippen molar-refractivity contribution in [3.63, 3.8) is 0 Å². The van der Waals surface area contributed by atoms with Crippen molar-refractivity contribution in [1.82, 2.24) is 10.6 Å². The molecule has 0 aromatic heterocycles. The zero-order chi connectivity index (χ0) is 12.6. The quantitative estimate of drug-likeness (QED) is 0.738. The van der Waals surface area contributed by atoms with E-state index < -0.39 is 0 Å². The standard InChI is InChI=1S/C15H28N2O/c18-15(14-9-5-10-16-12-14)17-11-4-8-13-6-2-1-3-7-13/h13-14,16H,1-12H2,(H,17,18). The molecule has 0 bridgehead atoms. The molecule has 2 rings (SSSR count). The van der Waals surface area contributed by atoms with E-state index in [2.05, 4.69) is 10.6 Å². The van der Waals surface area contributed by atoms with E-state index >= 15 is 0 Å². The number of carbonyl (C=O) groups excluding carboxylic acids is 1. The van der Waals surface area contributed by atoms with Crippen LogP contribution < -0.4 is 10.6 Å². The smallest absolute Gasteiger partial charge is 0.224 e.